The van der Waals surface area contributed by atoms with E-state index in [1.54, 1.807) is 0 Å². The topological polar surface area (TPSA) is 38.9 Å². The Morgan fingerprint density at radius 2 is 1.65 bits per heavy atom. The summed E-state index contributed by atoms with van der Waals surface area (Å²) in [6, 6.07) is 19.2. The first-order valence-corrected chi connectivity index (χ1v) is 7.32. The second-order valence-corrected chi connectivity index (χ2v) is 5.68. The molecule has 0 atom stereocenters. The Balaban J connectivity index is 1.98. The lowest BCUT2D eigenvalue weighted by Gasteiger charge is -2.05. The second-order valence-electron chi connectivity index (χ2n) is 4.79. The maximum atomic E-state index is 5.71. The van der Waals surface area contributed by atoms with E-state index in [1.807, 2.05) is 5.38 Å². The van der Waals surface area contributed by atoms with Crippen molar-refractivity contribution in [2.45, 2.75) is 0 Å². The number of fused-ring (bicyclic) bond motifs is 3. The van der Waals surface area contributed by atoms with E-state index >= 15 is 0 Å². The van der Waals surface area contributed by atoms with Crippen LogP contribution in [0.15, 0.2) is 60.0 Å². The fraction of sp³-hybridized carbons (Fsp3) is 0. The van der Waals surface area contributed by atoms with Gasteiger partial charge < -0.3 is 5.73 Å². The molecule has 0 spiro atoms. The minimum absolute atomic E-state index is 0.610. The Labute approximate surface area is 120 Å². The fourth-order valence-electron chi connectivity index (χ4n) is 2.59. The normalized spacial score (nSPS) is 11.2. The molecule has 0 saturated carbocycles. The van der Waals surface area contributed by atoms with E-state index in [9.17, 15) is 0 Å². The lowest BCUT2D eigenvalue weighted by atomic mass is 9.99. The highest BCUT2D eigenvalue weighted by molar-refractivity contribution is 7.13. The molecule has 0 radical (unpaired) electrons. The Hall–Kier alpha value is -2.39. The number of hydrogen-bond acceptors (Lipinski definition) is 3. The van der Waals surface area contributed by atoms with Crippen LogP contribution in [0.5, 0.6) is 0 Å². The van der Waals surface area contributed by atoms with Gasteiger partial charge in [0.25, 0.3) is 0 Å². The summed E-state index contributed by atoms with van der Waals surface area (Å²) in [7, 11) is 0. The van der Waals surface area contributed by atoms with Gasteiger partial charge in [0, 0.05) is 10.9 Å². The number of rotatable bonds is 1. The average molecular weight is 276 g/mol. The highest BCUT2D eigenvalue weighted by atomic mass is 32.1. The van der Waals surface area contributed by atoms with E-state index in [-0.39, 0.29) is 0 Å². The molecular weight excluding hydrogens is 264 g/mol. The number of hydrogen-bond donors (Lipinski definition) is 1. The monoisotopic (exact) mass is 276 g/mol. The molecule has 96 valence electrons. The molecule has 0 saturated heterocycles. The summed E-state index contributed by atoms with van der Waals surface area (Å²) in [5.74, 6) is 0. The van der Waals surface area contributed by atoms with Crippen LogP contribution in [0.2, 0.25) is 0 Å². The first-order valence-electron chi connectivity index (χ1n) is 6.44. The Kier molecular flexibility index (Phi) is 2.47. The zero-order valence-electron chi connectivity index (χ0n) is 10.7. The lowest BCUT2D eigenvalue weighted by molar-refractivity contribution is 1.42. The molecule has 4 rings (SSSR count). The number of nitrogen functional groups attached to an aromatic ring is 1. The molecule has 3 aromatic carbocycles. The van der Waals surface area contributed by atoms with Gasteiger partial charge in [-0.25, -0.2) is 4.98 Å². The minimum Gasteiger partial charge on any atom is -0.375 e. The third-order valence-electron chi connectivity index (χ3n) is 3.56. The third-order valence-corrected chi connectivity index (χ3v) is 4.24. The molecule has 2 N–H and O–H groups in total. The number of anilines is 1. The number of nitrogens with zero attached hydrogens (tertiary/aromatic N) is 1. The van der Waals surface area contributed by atoms with Gasteiger partial charge in [0.05, 0.1) is 5.69 Å². The fourth-order valence-corrected chi connectivity index (χ4v) is 3.16. The van der Waals surface area contributed by atoms with Gasteiger partial charge in [-0.3, -0.25) is 0 Å². The zero-order valence-corrected chi connectivity index (χ0v) is 11.5. The maximum absolute atomic E-state index is 5.71. The van der Waals surface area contributed by atoms with E-state index < -0.39 is 0 Å². The van der Waals surface area contributed by atoms with E-state index in [4.69, 9.17) is 5.73 Å². The quantitative estimate of drug-likeness (QED) is 0.512. The molecule has 0 unspecified atom stereocenters. The summed E-state index contributed by atoms with van der Waals surface area (Å²) in [5.41, 5.74) is 7.77. The molecule has 2 nitrogen and oxygen atoms in total. The van der Waals surface area contributed by atoms with Crippen molar-refractivity contribution >= 4 is 38.0 Å². The number of aromatic nitrogens is 1. The molecular formula is C17H12N2S. The Morgan fingerprint density at radius 1 is 0.850 bits per heavy atom. The number of thiazole rings is 1. The molecule has 0 aliphatic heterocycles. The molecule has 0 aliphatic carbocycles. The minimum atomic E-state index is 0.610. The molecule has 3 heteroatoms. The second kappa shape index (κ2) is 4.32. The molecule has 1 aromatic heterocycles. The van der Waals surface area contributed by atoms with Crippen molar-refractivity contribution < 1.29 is 0 Å². The number of nitrogens with two attached hydrogens (primary N) is 1. The van der Waals surface area contributed by atoms with Crippen LogP contribution in [-0.4, -0.2) is 4.98 Å². The molecule has 1 heterocycles. The van der Waals surface area contributed by atoms with Crippen molar-refractivity contribution in [3.05, 3.63) is 60.0 Å². The van der Waals surface area contributed by atoms with Crippen LogP contribution >= 0.6 is 11.3 Å². The zero-order chi connectivity index (χ0) is 13.5. The average Bonchev–Trinajstić information content (AvgIpc) is 2.93. The van der Waals surface area contributed by atoms with Gasteiger partial charge in [0.15, 0.2) is 5.13 Å². The molecule has 0 aliphatic rings. The molecule has 0 bridgehead atoms. The van der Waals surface area contributed by atoms with Crippen molar-refractivity contribution in [3.8, 4) is 11.3 Å². The summed E-state index contributed by atoms with van der Waals surface area (Å²) >= 11 is 1.47. The maximum Gasteiger partial charge on any atom is 0.180 e. The highest BCUT2D eigenvalue weighted by Gasteiger charge is 2.05. The lowest BCUT2D eigenvalue weighted by Crippen LogP contribution is -1.84. The van der Waals surface area contributed by atoms with E-state index in [0.29, 0.717) is 5.13 Å². The Bertz CT molecular complexity index is 924. The first-order chi connectivity index (χ1) is 9.81. The molecule has 4 aromatic rings. The first kappa shape index (κ1) is 11.4. The van der Waals surface area contributed by atoms with Gasteiger partial charge in [-0.1, -0.05) is 48.5 Å². The summed E-state index contributed by atoms with van der Waals surface area (Å²) in [6.45, 7) is 0. The SMILES string of the molecule is Nc1nc(-c2ccc3c(ccc4ccccc43)c2)cs1. The standard InChI is InChI=1S/C17H12N2S/c18-17-19-16(10-20-17)13-7-8-15-12(9-13)6-5-11-3-1-2-4-14(11)15/h1-10H,(H2,18,19). The van der Waals surface area contributed by atoms with Crippen molar-refractivity contribution in [2.75, 3.05) is 5.73 Å². The van der Waals surface area contributed by atoms with Crippen LogP contribution in [0.25, 0.3) is 32.8 Å². The molecule has 0 amide bonds. The molecule has 20 heavy (non-hydrogen) atoms. The van der Waals surface area contributed by atoms with Gasteiger partial charge in [-0.2, -0.15) is 0 Å². The van der Waals surface area contributed by atoms with E-state index in [2.05, 4.69) is 59.6 Å². The van der Waals surface area contributed by atoms with Crippen LogP contribution in [0, 0.1) is 0 Å². The molecule has 0 fully saturated rings. The third kappa shape index (κ3) is 1.75. The van der Waals surface area contributed by atoms with Crippen molar-refractivity contribution in [2.24, 2.45) is 0 Å². The largest absolute Gasteiger partial charge is 0.375 e. The van der Waals surface area contributed by atoms with Crippen LogP contribution in [-0.2, 0) is 0 Å². The van der Waals surface area contributed by atoms with Crippen LogP contribution in [0.1, 0.15) is 0 Å². The van der Waals surface area contributed by atoms with Gasteiger partial charge in [0.2, 0.25) is 0 Å². The smallest absolute Gasteiger partial charge is 0.180 e. The summed E-state index contributed by atoms with van der Waals surface area (Å²) < 4.78 is 0. The predicted molar refractivity (Wildman–Crippen MR) is 87.0 cm³/mol. The predicted octanol–water partition coefficient (Wildman–Crippen LogP) is 4.70. The van der Waals surface area contributed by atoms with E-state index in [0.717, 1.165) is 11.3 Å². The van der Waals surface area contributed by atoms with Gasteiger partial charge in [-0.05, 0) is 27.6 Å². The summed E-state index contributed by atoms with van der Waals surface area (Å²) in [5, 5.41) is 7.67. The summed E-state index contributed by atoms with van der Waals surface area (Å²) in [6.07, 6.45) is 0. The van der Waals surface area contributed by atoms with Crippen LogP contribution in [0.4, 0.5) is 5.13 Å². The van der Waals surface area contributed by atoms with E-state index in [1.165, 1.54) is 32.9 Å². The van der Waals surface area contributed by atoms with Gasteiger partial charge >= 0.3 is 0 Å². The van der Waals surface area contributed by atoms with Gasteiger partial charge in [0.1, 0.15) is 0 Å². The highest BCUT2D eigenvalue weighted by Crippen LogP contribution is 2.30. The van der Waals surface area contributed by atoms with Crippen LogP contribution in [0.3, 0.4) is 0 Å². The summed E-state index contributed by atoms with van der Waals surface area (Å²) in [4.78, 5) is 4.35. The Morgan fingerprint density at radius 3 is 2.50 bits per heavy atom. The number of benzene rings is 3. The van der Waals surface area contributed by atoms with Crippen molar-refractivity contribution in [1.82, 2.24) is 4.98 Å². The van der Waals surface area contributed by atoms with Crippen molar-refractivity contribution in [1.29, 1.82) is 0 Å². The van der Waals surface area contributed by atoms with Crippen LogP contribution < -0.4 is 5.73 Å². The van der Waals surface area contributed by atoms with Crippen molar-refractivity contribution in [3.63, 3.8) is 0 Å². The van der Waals surface area contributed by atoms with Gasteiger partial charge in [-0.15, -0.1) is 11.3 Å².